The second-order valence-corrected chi connectivity index (χ2v) is 6.82. The van der Waals surface area contributed by atoms with Crippen LogP contribution in [0.25, 0.3) is 0 Å². The van der Waals surface area contributed by atoms with E-state index < -0.39 is 0 Å². The van der Waals surface area contributed by atoms with Crippen LogP contribution in [0.15, 0.2) is 36.7 Å². The monoisotopic (exact) mass is 328 g/mol. The number of aromatic nitrogens is 2. The van der Waals surface area contributed by atoms with Gasteiger partial charge in [0.15, 0.2) is 0 Å². The fraction of sp³-hybridized carbons (Fsp3) is 0.526. The van der Waals surface area contributed by atoms with Crippen LogP contribution in [-0.2, 0) is 20.1 Å². The van der Waals surface area contributed by atoms with Gasteiger partial charge in [-0.2, -0.15) is 0 Å². The maximum Gasteiger partial charge on any atom is 0.122 e. The normalized spacial score (nSPS) is 16.7. The number of rotatable bonds is 6. The van der Waals surface area contributed by atoms with E-state index in [1.54, 1.807) is 0 Å². The molecule has 1 aliphatic heterocycles. The van der Waals surface area contributed by atoms with E-state index in [4.69, 9.17) is 4.74 Å². The van der Waals surface area contributed by atoms with Crippen molar-refractivity contribution in [2.45, 2.75) is 33.0 Å². The number of ether oxygens (including phenoxy) is 1. The Morgan fingerprint density at radius 3 is 2.42 bits per heavy atom. The zero-order chi connectivity index (χ0) is 16.9. The van der Waals surface area contributed by atoms with Crippen molar-refractivity contribution in [3.8, 4) is 5.75 Å². The minimum absolute atomic E-state index is 0.218. The van der Waals surface area contributed by atoms with Crippen LogP contribution >= 0.6 is 0 Å². The summed E-state index contributed by atoms with van der Waals surface area (Å²) in [5.74, 6) is 2.11. The standard InChI is InChI=1S/C19H28N4O/c1-16(2)24-18-6-4-5-17(13-18)14-22-9-11-23(12-10-22)15-19-20-7-8-21(19)3/h4-8,13,16H,9-12,14-15H2,1-3H3. The first-order valence-electron chi connectivity index (χ1n) is 8.76. The van der Waals surface area contributed by atoms with Gasteiger partial charge in [-0.1, -0.05) is 12.1 Å². The third-order valence-corrected chi connectivity index (χ3v) is 4.43. The summed E-state index contributed by atoms with van der Waals surface area (Å²) >= 11 is 0. The minimum Gasteiger partial charge on any atom is -0.491 e. The zero-order valence-corrected chi connectivity index (χ0v) is 15.0. The quantitative estimate of drug-likeness (QED) is 0.816. The Kier molecular flexibility index (Phi) is 5.53. The van der Waals surface area contributed by atoms with Crippen LogP contribution in [-0.4, -0.2) is 51.6 Å². The Hall–Kier alpha value is -1.85. The van der Waals surface area contributed by atoms with E-state index >= 15 is 0 Å². The Morgan fingerprint density at radius 1 is 1.08 bits per heavy atom. The van der Waals surface area contributed by atoms with Gasteiger partial charge in [0.1, 0.15) is 11.6 Å². The predicted octanol–water partition coefficient (Wildman–Crippen LogP) is 2.53. The third-order valence-electron chi connectivity index (χ3n) is 4.43. The average molecular weight is 328 g/mol. The molecular weight excluding hydrogens is 300 g/mol. The molecule has 1 fully saturated rings. The molecule has 0 N–H and O–H groups in total. The SMILES string of the molecule is CC(C)Oc1cccc(CN2CCN(Cc3nccn3C)CC2)c1. The molecule has 0 amide bonds. The van der Waals surface area contributed by atoms with Gasteiger partial charge in [-0.15, -0.1) is 0 Å². The summed E-state index contributed by atoms with van der Waals surface area (Å²) in [4.78, 5) is 9.42. The molecule has 0 bridgehead atoms. The molecule has 5 heteroatoms. The second kappa shape index (κ2) is 7.81. The molecule has 0 saturated carbocycles. The van der Waals surface area contributed by atoms with Gasteiger partial charge in [-0.25, -0.2) is 4.98 Å². The molecule has 1 aromatic heterocycles. The molecule has 0 unspecified atom stereocenters. The van der Waals surface area contributed by atoms with Gasteiger partial charge in [0.05, 0.1) is 12.6 Å². The summed E-state index contributed by atoms with van der Waals surface area (Å²) in [7, 11) is 2.06. The highest BCUT2D eigenvalue weighted by Gasteiger charge is 2.18. The summed E-state index contributed by atoms with van der Waals surface area (Å²) in [6.07, 6.45) is 4.10. The number of hydrogen-bond donors (Lipinski definition) is 0. The van der Waals surface area contributed by atoms with Crippen molar-refractivity contribution in [2.75, 3.05) is 26.2 Å². The molecule has 1 aromatic carbocycles. The van der Waals surface area contributed by atoms with Crippen molar-refractivity contribution in [1.82, 2.24) is 19.4 Å². The lowest BCUT2D eigenvalue weighted by molar-refractivity contribution is 0.119. The molecule has 0 aliphatic carbocycles. The summed E-state index contributed by atoms with van der Waals surface area (Å²) in [6, 6.07) is 8.48. The van der Waals surface area contributed by atoms with Gasteiger partial charge < -0.3 is 9.30 Å². The van der Waals surface area contributed by atoms with Crippen molar-refractivity contribution < 1.29 is 4.74 Å². The Morgan fingerprint density at radius 2 is 1.79 bits per heavy atom. The van der Waals surface area contributed by atoms with Crippen LogP contribution in [0.1, 0.15) is 25.2 Å². The highest BCUT2D eigenvalue weighted by molar-refractivity contribution is 5.28. The minimum atomic E-state index is 0.218. The van der Waals surface area contributed by atoms with Gasteiger partial charge in [-0.05, 0) is 31.5 Å². The Labute approximate surface area is 144 Å². The van der Waals surface area contributed by atoms with E-state index in [2.05, 4.69) is 58.4 Å². The lowest BCUT2D eigenvalue weighted by Gasteiger charge is -2.34. The lowest BCUT2D eigenvalue weighted by Crippen LogP contribution is -2.45. The zero-order valence-electron chi connectivity index (χ0n) is 15.0. The van der Waals surface area contributed by atoms with Crippen molar-refractivity contribution in [3.63, 3.8) is 0 Å². The molecular formula is C19H28N4O. The molecule has 1 saturated heterocycles. The summed E-state index contributed by atoms with van der Waals surface area (Å²) in [5, 5.41) is 0. The van der Waals surface area contributed by atoms with Gasteiger partial charge >= 0.3 is 0 Å². The average Bonchev–Trinajstić information content (AvgIpc) is 2.94. The topological polar surface area (TPSA) is 33.5 Å². The highest BCUT2D eigenvalue weighted by Crippen LogP contribution is 2.17. The number of benzene rings is 1. The van der Waals surface area contributed by atoms with Crippen molar-refractivity contribution in [1.29, 1.82) is 0 Å². The maximum absolute atomic E-state index is 5.79. The molecule has 24 heavy (non-hydrogen) atoms. The molecule has 1 aliphatic rings. The van der Waals surface area contributed by atoms with Crippen LogP contribution in [0.4, 0.5) is 0 Å². The highest BCUT2D eigenvalue weighted by atomic mass is 16.5. The largest absolute Gasteiger partial charge is 0.491 e. The molecule has 5 nitrogen and oxygen atoms in total. The maximum atomic E-state index is 5.79. The van der Waals surface area contributed by atoms with Crippen LogP contribution in [0.5, 0.6) is 5.75 Å². The third kappa shape index (κ3) is 4.58. The summed E-state index contributed by atoms with van der Waals surface area (Å²) in [5.41, 5.74) is 1.32. The molecule has 0 spiro atoms. The number of nitrogens with zero attached hydrogens (tertiary/aromatic N) is 4. The molecule has 0 radical (unpaired) electrons. The number of imidazole rings is 1. The fourth-order valence-electron chi connectivity index (χ4n) is 3.10. The molecule has 2 heterocycles. The van der Waals surface area contributed by atoms with Crippen LogP contribution in [0.2, 0.25) is 0 Å². The summed E-state index contributed by atoms with van der Waals surface area (Å²) < 4.78 is 7.90. The second-order valence-electron chi connectivity index (χ2n) is 6.82. The van der Waals surface area contributed by atoms with E-state index in [1.165, 1.54) is 5.56 Å². The van der Waals surface area contributed by atoms with E-state index in [-0.39, 0.29) is 6.10 Å². The van der Waals surface area contributed by atoms with E-state index in [9.17, 15) is 0 Å². The predicted molar refractivity (Wildman–Crippen MR) is 96.0 cm³/mol. The molecule has 130 valence electrons. The molecule has 2 aromatic rings. The molecule has 3 rings (SSSR count). The van der Waals surface area contributed by atoms with E-state index in [0.29, 0.717) is 0 Å². The van der Waals surface area contributed by atoms with Crippen LogP contribution in [0, 0.1) is 0 Å². The number of aryl methyl sites for hydroxylation is 1. The Balaban J connectivity index is 1.49. The summed E-state index contributed by atoms with van der Waals surface area (Å²) in [6.45, 7) is 10.4. The number of hydrogen-bond acceptors (Lipinski definition) is 4. The van der Waals surface area contributed by atoms with Crippen molar-refractivity contribution in [2.24, 2.45) is 7.05 Å². The van der Waals surface area contributed by atoms with Gasteiger partial charge in [-0.3, -0.25) is 9.80 Å². The fourth-order valence-corrected chi connectivity index (χ4v) is 3.10. The van der Waals surface area contributed by atoms with Gasteiger partial charge in [0.2, 0.25) is 0 Å². The van der Waals surface area contributed by atoms with E-state index in [1.807, 2.05) is 18.5 Å². The number of piperazine rings is 1. The van der Waals surface area contributed by atoms with Crippen molar-refractivity contribution in [3.05, 3.63) is 48.0 Å². The first-order chi connectivity index (χ1) is 11.6. The van der Waals surface area contributed by atoms with Crippen LogP contribution < -0.4 is 4.74 Å². The lowest BCUT2D eigenvalue weighted by atomic mass is 10.2. The first kappa shape index (κ1) is 17.0. The van der Waals surface area contributed by atoms with E-state index in [0.717, 1.165) is 50.8 Å². The first-order valence-corrected chi connectivity index (χ1v) is 8.76. The van der Waals surface area contributed by atoms with Gasteiger partial charge in [0, 0.05) is 52.2 Å². The smallest absolute Gasteiger partial charge is 0.122 e. The van der Waals surface area contributed by atoms with Gasteiger partial charge in [0.25, 0.3) is 0 Å². The van der Waals surface area contributed by atoms with Crippen LogP contribution in [0.3, 0.4) is 0 Å². The Bertz CT molecular complexity index is 644. The van der Waals surface area contributed by atoms with Crippen molar-refractivity contribution >= 4 is 0 Å². The molecule has 0 atom stereocenters.